The smallest absolute Gasteiger partial charge is 0.338 e. The molecule has 3 nitrogen and oxygen atoms in total. The topological polar surface area (TPSA) is 63.3 Å². The van der Waals surface area contributed by atoms with E-state index in [1.807, 2.05) is 0 Å². The molecule has 2 rings (SSSR count). The summed E-state index contributed by atoms with van der Waals surface area (Å²) in [6.07, 6.45) is 3.29. The van der Waals surface area contributed by atoms with Crippen molar-refractivity contribution in [1.29, 1.82) is 0 Å². The van der Waals surface area contributed by atoms with Crippen LogP contribution in [0.2, 0.25) is 0 Å². The number of benzene rings is 1. The fraction of sp³-hybridized carbons (Fsp3) is 0.462. The predicted octanol–water partition coefficient (Wildman–Crippen LogP) is 2.43. The highest BCUT2D eigenvalue weighted by atomic mass is 19.2. The summed E-state index contributed by atoms with van der Waals surface area (Å²) in [7, 11) is 0. The normalized spacial score (nSPS) is 17.9. The number of carboxylic acids is 1. The molecule has 0 amide bonds. The molecule has 5 heteroatoms. The fourth-order valence-corrected chi connectivity index (χ4v) is 2.76. The molecule has 18 heavy (non-hydrogen) atoms. The van der Waals surface area contributed by atoms with E-state index in [4.69, 9.17) is 10.8 Å². The molecule has 0 unspecified atom stereocenters. The summed E-state index contributed by atoms with van der Waals surface area (Å²) in [5.41, 5.74) is 4.75. The van der Waals surface area contributed by atoms with Crippen LogP contribution in [-0.4, -0.2) is 17.6 Å². The van der Waals surface area contributed by atoms with Crippen LogP contribution in [0.15, 0.2) is 12.1 Å². The van der Waals surface area contributed by atoms with Gasteiger partial charge in [0.2, 0.25) is 0 Å². The molecule has 0 atom stereocenters. The van der Waals surface area contributed by atoms with E-state index in [0.717, 1.165) is 18.9 Å². The molecule has 0 aliphatic heterocycles. The Kier molecular flexibility index (Phi) is 3.34. The molecule has 1 aliphatic carbocycles. The molecule has 0 saturated heterocycles. The van der Waals surface area contributed by atoms with Crippen molar-refractivity contribution in [3.63, 3.8) is 0 Å². The van der Waals surface area contributed by atoms with Crippen molar-refractivity contribution < 1.29 is 18.7 Å². The van der Waals surface area contributed by atoms with Crippen LogP contribution < -0.4 is 5.73 Å². The second-order valence-electron chi connectivity index (χ2n) is 4.79. The van der Waals surface area contributed by atoms with Crippen molar-refractivity contribution in [1.82, 2.24) is 0 Å². The van der Waals surface area contributed by atoms with E-state index in [2.05, 4.69) is 0 Å². The number of rotatable bonds is 3. The van der Waals surface area contributed by atoms with Crippen LogP contribution in [0, 0.1) is 11.6 Å². The summed E-state index contributed by atoms with van der Waals surface area (Å²) < 4.78 is 27.7. The first-order chi connectivity index (χ1) is 8.52. The average Bonchev–Trinajstić information content (AvgIpc) is 2.82. The fourth-order valence-electron chi connectivity index (χ4n) is 2.76. The van der Waals surface area contributed by atoms with Crippen LogP contribution in [0.5, 0.6) is 0 Å². The Morgan fingerprint density at radius 3 is 2.39 bits per heavy atom. The SMILES string of the molecule is NCC1(c2ccc(C(=O)O)c(F)c2F)CCCC1. The zero-order valence-corrected chi connectivity index (χ0v) is 9.88. The van der Waals surface area contributed by atoms with E-state index in [9.17, 15) is 13.6 Å². The van der Waals surface area contributed by atoms with Gasteiger partial charge in [0.05, 0.1) is 5.56 Å². The molecule has 1 fully saturated rings. The van der Waals surface area contributed by atoms with Gasteiger partial charge < -0.3 is 10.8 Å². The van der Waals surface area contributed by atoms with Crippen molar-refractivity contribution in [3.05, 3.63) is 34.9 Å². The van der Waals surface area contributed by atoms with Crippen molar-refractivity contribution >= 4 is 5.97 Å². The summed E-state index contributed by atoms with van der Waals surface area (Å²) >= 11 is 0. The Balaban J connectivity index is 2.53. The van der Waals surface area contributed by atoms with Gasteiger partial charge in [-0.2, -0.15) is 0 Å². The lowest BCUT2D eigenvalue weighted by atomic mass is 9.78. The molecule has 1 saturated carbocycles. The van der Waals surface area contributed by atoms with Gasteiger partial charge in [0.1, 0.15) is 0 Å². The Hall–Kier alpha value is -1.49. The van der Waals surface area contributed by atoms with Crippen LogP contribution in [-0.2, 0) is 5.41 Å². The minimum absolute atomic E-state index is 0.213. The first-order valence-electron chi connectivity index (χ1n) is 5.94. The van der Waals surface area contributed by atoms with E-state index in [1.165, 1.54) is 6.07 Å². The highest BCUT2D eigenvalue weighted by Gasteiger charge is 2.37. The molecule has 0 spiro atoms. The zero-order chi connectivity index (χ0) is 13.3. The van der Waals surface area contributed by atoms with Crippen molar-refractivity contribution in [2.75, 3.05) is 6.54 Å². The van der Waals surface area contributed by atoms with E-state index in [0.29, 0.717) is 12.8 Å². The third-order valence-corrected chi connectivity index (χ3v) is 3.84. The van der Waals surface area contributed by atoms with Crippen LogP contribution in [0.1, 0.15) is 41.6 Å². The van der Waals surface area contributed by atoms with Gasteiger partial charge in [0, 0.05) is 12.0 Å². The molecule has 0 bridgehead atoms. The molecule has 3 N–H and O–H groups in total. The highest BCUT2D eigenvalue weighted by molar-refractivity contribution is 5.88. The summed E-state index contributed by atoms with van der Waals surface area (Å²) in [6.45, 7) is 0.246. The molecule has 1 aromatic carbocycles. The Morgan fingerprint density at radius 1 is 1.28 bits per heavy atom. The molecule has 0 radical (unpaired) electrons. The third-order valence-electron chi connectivity index (χ3n) is 3.84. The minimum atomic E-state index is -1.47. The van der Waals surface area contributed by atoms with Gasteiger partial charge in [-0.25, -0.2) is 13.6 Å². The van der Waals surface area contributed by atoms with Gasteiger partial charge in [0.25, 0.3) is 0 Å². The molecular weight excluding hydrogens is 240 g/mol. The number of halogens is 2. The minimum Gasteiger partial charge on any atom is -0.478 e. The number of carboxylic acid groups (broad SMARTS) is 1. The predicted molar refractivity (Wildman–Crippen MR) is 62.5 cm³/mol. The molecule has 98 valence electrons. The van der Waals surface area contributed by atoms with E-state index >= 15 is 0 Å². The lowest BCUT2D eigenvalue weighted by Gasteiger charge is -2.28. The van der Waals surface area contributed by atoms with Crippen LogP contribution in [0.3, 0.4) is 0 Å². The van der Waals surface area contributed by atoms with Crippen LogP contribution >= 0.6 is 0 Å². The molecular formula is C13H15F2NO2. The van der Waals surface area contributed by atoms with Gasteiger partial charge in [0.15, 0.2) is 11.6 Å². The van der Waals surface area contributed by atoms with Crippen molar-refractivity contribution in [3.8, 4) is 0 Å². The molecule has 0 aromatic heterocycles. The first kappa shape index (κ1) is 13.0. The average molecular weight is 255 g/mol. The number of aromatic carboxylic acids is 1. The largest absolute Gasteiger partial charge is 0.478 e. The Morgan fingerprint density at radius 2 is 1.89 bits per heavy atom. The third kappa shape index (κ3) is 1.88. The molecule has 0 heterocycles. The summed E-state index contributed by atoms with van der Waals surface area (Å²) in [4.78, 5) is 10.7. The zero-order valence-electron chi connectivity index (χ0n) is 9.88. The quantitative estimate of drug-likeness (QED) is 0.871. The van der Waals surface area contributed by atoms with E-state index in [-0.39, 0.29) is 12.1 Å². The monoisotopic (exact) mass is 255 g/mol. The summed E-state index contributed by atoms with van der Waals surface area (Å²) in [6, 6.07) is 2.48. The van der Waals surface area contributed by atoms with Gasteiger partial charge in [-0.15, -0.1) is 0 Å². The summed E-state index contributed by atoms with van der Waals surface area (Å²) in [5, 5.41) is 8.74. The van der Waals surface area contributed by atoms with Gasteiger partial charge >= 0.3 is 5.97 Å². The standard InChI is InChI=1S/C13H15F2NO2/c14-10-8(12(17)18)3-4-9(11(10)15)13(7-16)5-1-2-6-13/h3-4H,1-2,5-7,16H2,(H,17,18). The van der Waals surface area contributed by atoms with Crippen LogP contribution in [0.4, 0.5) is 8.78 Å². The summed E-state index contributed by atoms with van der Waals surface area (Å²) in [5.74, 6) is -3.83. The van der Waals surface area contributed by atoms with Crippen LogP contribution in [0.25, 0.3) is 0 Å². The van der Waals surface area contributed by atoms with Crippen molar-refractivity contribution in [2.45, 2.75) is 31.1 Å². The maximum Gasteiger partial charge on any atom is 0.338 e. The highest BCUT2D eigenvalue weighted by Crippen LogP contribution is 2.41. The second kappa shape index (κ2) is 4.65. The Bertz CT molecular complexity index is 482. The number of hydrogen-bond acceptors (Lipinski definition) is 2. The maximum atomic E-state index is 14.0. The maximum absolute atomic E-state index is 14.0. The van der Waals surface area contributed by atoms with E-state index in [1.54, 1.807) is 0 Å². The van der Waals surface area contributed by atoms with E-state index < -0.39 is 28.6 Å². The van der Waals surface area contributed by atoms with Crippen molar-refractivity contribution in [2.24, 2.45) is 5.73 Å². The Labute approximate surface area is 104 Å². The van der Waals surface area contributed by atoms with Gasteiger partial charge in [-0.05, 0) is 24.5 Å². The number of hydrogen-bond donors (Lipinski definition) is 2. The number of carbonyl (C=O) groups is 1. The lowest BCUT2D eigenvalue weighted by molar-refractivity contribution is 0.0690. The number of nitrogens with two attached hydrogens (primary N) is 1. The van der Waals surface area contributed by atoms with Gasteiger partial charge in [-0.3, -0.25) is 0 Å². The molecule has 1 aliphatic rings. The lowest BCUT2D eigenvalue weighted by Crippen LogP contribution is -2.33. The molecule has 1 aromatic rings. The second-order valence-corrected chi connectivity index (χ2v) is 4.79. The first-order valence-corrected chi connectivity index (χ1v) is 5.94. The van der Waals surface area contributed by atoms with Gasteiger partial charge in [-0.1, -0.05) is 18.9 Å².